The van der Waals surface area contributed by atoms with Crippen LogP contribution in [0.4, 0.5) is 4.39 Å². The van der Waals surface area contributed by atoms with Gasteiger partial charge in [0.1, 0.15) is 6.10 Å². The van der Waals surface area contributed by atoms with E-state index in [9.17, 15) is 14.0 Å². The monoisotopic (exact) mass is 346 g/mol. The van der Waals surface area contributed by atoms with E-state index in [1.165, 1.54) is 11.6 Å². The molecule has 5 heteroatoms. The van der Waals surface area contributed by atoms with Gasteiger partial charge in [0.05, 0.1) is 12.5 Å². The minimum atomic E-state index is -0.984. The van der Waals surface area contributed by atoms with Crippen molar-refractivity contribution in [2.75, 3.05) is 6.61 Å². The van der Waals surface area contributed by atoms with Crippen LogP contribution in [0.15, 0.2) is 36.2 Å². The number of carbonyl (C=O) groups excluding carboxylic acids is 2. The molecular weight excluding hydrogens is 323 g/mol. The van der Waals surface area contributed by atoms with Gasteiger partial charge in [0, 0.05) is 0 Å². The summed E-state index contributed by atoms with van der Waals surface area (Å²) in [6, 6.07) is 7.94. The van der Waals surface area contributed by atoms with Crippen molar-refractivity contribution in [3.63, 3.8) is 0 Å². The van der Waals surface area contributed by atoms with E-state index in [4.69, 9.17) is 4.74 Å². The van der Waals surface area contributed by atoms with Crippen molar-refractivity contribution in [1.29, 1.82) is 0 Å². The fraction of sp³-hybridized carbons (Fsp3) is 0.500. The topological polar surface area (TPSA) is 52.6 Å². The maximum absolute atomic E-state index is 13.9. The summed E-state index contributed by atoms with van der Waals surface area (Å²) in [6.07, 6.45) is 2.63. The van der Waals surface area contributed by atoms with Crippen LogP contribution in [0.3, 0.4) is 0 Å². The zero-order valence-corrected chi connectivity index (χ0v) is 14.8. The number of rotatable bonds is 5. The van der Waals surface area contributed by atoms with Gasteiger partial charge in [-0.25, -0.2) is 4.79 Å². The molecule has 0 bridgehead atoms. The second-order valence-electron chi connectivity index (χ2n) is 7.22. The van der Waals surface area contributed by atoms with E-state index in [1.54, 1.807) is 6.92 Å². The maximum atomic E-state index is 13.9. The van der Waals surface area contributed by atoms with E-state index in [0.717, 1.165) is 18.4 Å². The van der Waals surface area contributed by atoms with Crippen LogP contribution in [0.5, 0.6) is 0 Å². The summed E-state index contributed by atoms with van der Waals surface area (Å²) in [6.45, 7) is 5.48. The van der Waals surface area contributed by atoms with Crippen LogP contribution < -0.4 is 0 Å². The van der Waals surface area contributed by atoms with Gasteiger partial charge in [-0.1, -0.05) is 38.1 Å². The van der Waals surface area contributed by atoms with Crippen LogP contribution in [0.2, 0.25) is 0 Å². The smallest absolute Gasteiger partial charge is 0.366 e. The standard InChI is InChI=1S/C20H23FO4/c1-4-24-18(22)15(21)11-14-17(20(14,2)3)19(23)25-16-10-9-12-7-5-6-8-13(12)16/h5-8,11,14,16-17H,4,9-10H2,1-3H3/t14-,16?,17-/m0/s1. The lowest BCUT2D eigenvalue weighted by atomic mass is 10.1. The van der Waals surface area contributed by atoms with Gasteiger partial charge in [0.15, 0.2) is 0 Å². The van der Waals surface area contributed by atoms with Gasteiger partial charge in [0.25, 0.3) is 0 Å². The highest BCUT2D eigenvalue weighted by Gasteiger charge is 2.62. The number of hydrogen-bond donors (Lipinski definition) is 0. The molecule has 2 aliphatic carbocycles. The van der Waals surface area contributed by atoms with E-state index in [2.05, 4.69) is 4.74 Å². The molecule has 3 rings (SSSR count). The number of carbonyl (C=O) groups is 2. The van der Waals surface area contributed by atoms with Crippen LogP contribution in [-0.4, -0.2) is 18.5 Å². The van der Waals surface area contributed by atoms with Crippen molar-refractivity contribution in [3.8, 4) is 0 Å². The van der Waals surface area contributed by atoms with Gasteiger partial charge < -0.3 is 9.47 Å². The van der Waals surface area contributed by atoms with Crippen molar-refractivity contribution in [3.05, 3.63) is 47.3 Å². The number of ether oxygens (including phenoxy) is 2. The molecule has 0 heterocycles. The number of esters is 2. The van der Waals surface area contributed by atoms with E-state index < -0.39 is 23.1 Å². The van der Waals surface area contributed by atoms with Crippen molar-refractivity contribution in [2.45, 2.75) is 39.7 Å². The van der Waals surface area contributed by atoms with Gasteiger partial charge in [-0.3, -0.25) is 4.79 Å². The second kappa shape index (κ2) is 6.62. The minimum Gasteiger partial charge on any atom is -0.461 e. The van der Waals surface area contributed by atoms with Crippen LogP contribution in [0, 0.1) is 17.3 Å². The van der Waals surface area contributed by atoms with Crippen LogP contribution >= 0.6 is 0 Å². The Bertz CT molecular complexity index is 722. The van der Waals surface area contributed by atoms with Crippen molar-refractivity contribution in [1.82, 2.24) is 0 Å². The summed E-state index contributed by atoms with van der Waals surface area (Å²) < 4.78 is 24.2. The lowest BCUT2D eigenvalue weighted by Gasteiger charge is -2.14. The number of hydrogen-bond acceptors (Lipinski definition) is 4. The number of benzene rings is 1. The zero-order chi connectivity index (χ0) is 18.2. The average Bonchev–Trinajstić information content (AvgIpc) is 2.91. The summed E-state index contributed by atoms with van der Waals surface area (Å²) in [4.78, 5) is 24.0. The Hall–Kier alpha value is -2.17. The fourth-order valence-electron chi connectivity index (χ4n) is 3.72. The molecule has 3 atom stereocenters. The molecule has 0 aliphatic heterocycles. The van der Waals surface area contributed by atoms with E-state index in [1.807, 2.05) is 38.1 Å². The first kappa shape index (κ1) is 17.6. The molecule has 1 aromatic carbocycles. The van der Waals surface area contributed by atoms with Gasteiger partial charge >= 0.3 is 11.9 Å². The highest BCUT2D eigenvalue weighted by molar-refractivity contribution is 5.87. The first-order valence-corrected chi connectivity index (χ1v) is 8.69. The van der Waals surface area contributed by atoms with Gasteiger partial charge in [0.2, 0.25) is 5.83 Å². The van der Waals surface area contributed by atoms with E-state index in [-0.39, 0.29) is 24.6 Å². The Labute approximate surface area is 147 Å². The van der Waals surface area contributed by atoms with E-state index in [0.29, 0.717) is 0 Å². The molecule has 1 saturated carbocycles. The van der Waals surface area contributed by atoms with Crippen LogP contribution in [0.25, 0.3) is 0 Å². The third kappa shape index (κ3) is 3.32. The largest absolute Gasteiger partial charge is 0.461 e. The molecule has 1 fully saturated rings. The van der Waals surface area contributed by atoms with Crippen molar-refractivity contribution < 1.29 is 23.5 Å². The quantitative estimate of drug-likeness (QED) is 0.599. The average molecular weight is 346 g/mol. The molecule has 0 amide bonds. The predicted octanol–water partition coefficient (Wildman–Crippen LogP) is 3.91. The molecule has 134 valence electrons. The molecule has 0 spiro atoms. The Morgan fingerprint density at radius 2 is 2.04 bits per heavy atom. The Balaban J connectivity index is 1.67. The summed E-state index contributed by atoms with van der Waals surface area (Å²) in [7, 11) is 0. The molecule has 0 aromatic heterocycles. The number of aryl methyl sites for hydroxylation is 1. The summed E-state index contributed by atoms with van der Waals surface area (Å²) in [5.41, 5.74) is 1.83. The maximum Gasteiger partial charge on any atom is 0.366 e. The number of fused-ring (bicyclic) bond motifs is 1. The molecule has 1 unspecified atom stereocenters. The molecule has 0 N–H and O–H groups in total. The van der Waals surface area contributed by atoms with E-state index >= 15 is 0 Å². The van der Waals surface area contributed by atoms with Crippen LogP contribution in [-0.2, 0) is 25.5 Å². The molecule has 0 saturated heterocycles. The third-order valence-corrected chi connectivity index (χ3v) is 5.30. The predicted molar refractivity (Wildman–Crippen MR) is 90.2 cm³/mol. The fourth-order valence-corrected chi connectivity index (χ4v) is 3.72. The normalized spacial score (nSPS) is 26.7. The minimum absolute atomic E-state index is 0.112. The first-order valence-electron chi connectivity index (χ1n) is 8.69. The lowest BCUT2D eigenvalue weighted by Crippen LogP contribution is -2.14. The highest BCUT2D eigenvalue weighted by Crippen LogP contribution is 2.60. The number of allylic oxidation sites excluding steroid dienone is 1. The Morgan fingerprint density at radius 3 is 2.76 bits per heavy atom. The van der Waals surface area contributed by atoms with Crippen molar-refractivity contribution >= 4 is 11.9 Å². The highest BCUT2D eigenvalue weighted by atomic mass is 19.1. The molecule has 0 radical (unpaired) electrons. The molecule has 1 aromatic rings. The molecule has 4 nitrogen and oxygen atoms in total. The second-order valence-corrected chi connectivity index (χ2v) is 7.22. The summed E-state index contributed by atoms with van der Waals surface area (Å²) in [5.74, 6) is -3.06. The zero-order valence-electron chi connectivity index (χ0n) is 14.8. The summed E-state index contributed by atoms with van der Waals surface area (Å²) in [5, 5.41) is 0. The molecule has 25 heavy (non-hydrogen) atoms. The first-order chi connectivity index (χ1) is 11.9. The number of halogens is 1. The molecule has 2 aliphatic rings. The SMILES string of the molecule is CCOC(=O)C(F)=C[C@H]1[C@@H](C(=O)OC2CCc3ccccc32)C1(C)C. The van der Waals surface area contributed by atoms with Crippen LogP contribution in [0.1, 0.15) is 44.4 Å². The Morgan fingerprint density at radius 1 is 1.32 bits per heavy atom. The summed E-state index contributed by atoms with van der Waals surface area (Å²) >= 11 is 0. The third-order valence-electron chi connectivity index (χ3n) is 5.30. The Kier molecular flexibility index (Phi) is 4.67. The van der Waals surface area contributed by atoms with Crippen molar-refractivity contribution in [2.24, 2.45) is 17.3 Å². The molecular formula is C20H23FO4. The van der Waals surface area contributed by atoms with Gasteiger partial charge in [-0.05, 0) is 48.3 Å². The van der Waals surface area contributed by atoms with Gasteiger partial charge in [-0.15, -0.1) is 0 Å². The van der Waals surface area contributed by atoms with Gasteiger partial charge in [-0.2, -0.15) is 4.39 Å². The lowest BCUT2D eigenvalue weighted by molar-refractivity contribution is -0.152.